The second kappa shape index (κ2) is 7.54. The van der Waals surface area contributed by atoms with Crippen molar-refractivity contribution in [2.75, 3.05) is 6.61 Å². The zero-order valence-electron chi connectivity index (χ0n) is 9.03. The highest BCUT2D eigenvalue weighted by Crippen LogP contribution is 2.07. The Balaban J connectivity index is 3.93. The molecule has 0 radical (unpaired) electrons. The van der Waals surface area contributed by atoms with Crippen LogP contribution in [-0.4, -0.2) is 22.9 Å². The van der Waals surface area contributed by atoms with Crippen LogP contribution in [0.1, 0.15) is 26.7 Å². The van der Waals surface area contributed by atoms with E-state index < -0.39 is 6.10 Å². The van der Waals surface area contributed by atoms with Crippen LogP contribution in [0.5, 0.6) is 0 Å². The predicted octanol–water partition coefficient (Wildman–Crippen LogP) is 2.20. The number of rotatable bonds is 6. The number of aliphatic hydroxyl groups is 2. The Morgan fingerprint density at radius 2 is 2.07 bits per heavy atom. The molecule has 0 aromatic heterocycles. The normalized spacial score (nSPS) is 14.7. The molecule has 80 valence electrons. The lowest BCUT2D eigenvalue weighted by molar-refractivity contribution is 0.223. The maximum absolute atomic E-state index is 9.54. The molecule has 0 aliphatic heterocycles. The highest BCUT2D eigenvalue weighted by atomic mass is 16.3. The third-order valence-electron chi connectivity index (χ3n) is 1.76. The fourth-order valence-corrected chi connectivity index (χ4v) is 1.07. The molecule has 2 heteroatoms. The first-order chi connectivity index (χ1) is 6.56. The summed E-state index contributed by atoms with van der Waals surface area (Å²) in [6.45, 7) is 7.71. The largest absolute Gasteiger partial charge is 0.396 e. The van der Waals surface area contributed by atoms with E-state index >= 15 is 0 Å². The van der Waals surface area contributed by atoms with Crippen molar-refractivity contribution in [3.8, 4) is 0 Å². The molecule has 0 saturated heterocycles. The molecule has 0 aromatic rings. The van der Waals surface area contributed by atoms with Gasteiger partial charge in [-0.2, -0.15) is 0 Å². The molecule has 2 nitrogen and oxygen atoms in total. The SMILES string of the molecule is C=C(C)C=CC(O)CC(C)=CCCO. The minimum atomic E-state index is -0.457. The Labute approximate surface area is 86.3 Å². The fourth-order valence-electron chi connectivity index (χ4n) is 1.07. The number of hydrogen-bond donors (Lipinski definition) is 2. The minimum Gasteiger partial charge on any atom is -0.396 e. The van der Waals surface area contributed by atoms with Crippen LogP contribution in [-0.2, 0) is 0 Å². The van der Waals surface area contributed by atoms with E-state index in [9.17, 15) is 5.11 Å². The van der Waals surface area contributed by atoms with Gasteiger partial charge in [0, 0.05) is 6.61 Å². The molecule has 0 aliphatic rings. The summed E-state index contributed by atoms with van der Waals surface area (Å²) in [7, 11) is 0. The highest BCUT2D eigenvalue weighted by Gasteiger charge is 1.99. The van der Waals surface area contributed by atoms with Crippen molar-refractivity contribution >= 4 is 0 Å². The van der Waals surface area contributed by atoms with Gasteiger partial charge >= 0.3 is 0 Å². The first-order valence-electron chi connectivity index (χ1n) is 4.84. The van der Waals surface area contributed by atoms with Gasteiger partial charge in [0.2, 0.25) is 0 Å². The summed E-state index contributed by atoms with van der Waals surface area (Å²) < 4.78 is 0. The molecule has 0 aromatic carbocycles. The molecule has 0 fully saturated rings. The van der Waals surface area contributed by atoms with Gasteiger partial charge in [-0.15, -0.1) is 0 Å². The van der Waals surface area contributed by atoms with Crippen LogP contribution in [0.2, 0.25) is 0 Å². The maximum Gasteiger partial charge on any atom is 0.0761 e. The zero-order valence-corrected chi connectivity index (χ0v) is 9.03. The Morgan fingerprint density at radius 1 is 1.43 bits per heavy atom. The van der Waals surface area contributed by atoms with Crippen molar-refractivity contribution in [1.29, 1.82) is 0 Å². The van der Waals surface area contributed by atoms with Crippen molar-refractivity contribution in [2.24, 2.45) is 0 Å². The second-order valence-electron chi connectivity index (χ2n) is 3.54. The monoisotopic (exact) mass is 196 g/mol. The Kier molecular flexibility index (Phi) is 7.07. The van der Waals surface area contributed by atoms with Crippen LogP contribution >= 0.6 is 0 Å². The van der Waals surface area contributed by atoms with E-state index in [2.05, 4.69) is 6.58 Å². The van der Waals surface area contributed by atoms with E-state index in [4.69, 9.17) is 5.11 Å². The van der Waals surface area contributed by atoms with Crippen molar-refractivity contribution in [3.63, 3.8) is 0 Å². The van der Waals surface area contributed by atoms with E-state index in [0.29, 0.717) is 12.8 Å². The van der Waals surface area contributed by atoms with Gasteiger partial charge in [-0.25, -0.2) is 0 Å². The maximum atomic E-state index is 9.54. The highest BCUT2D eigenvalue weighted by molar-refractivity contribution is 5.14. The quantitative estimate of drug-likeness (QED) is 0.505. The molecule has 0 amide bonds. The molecule has 2 N–H and O–H groups in total. The van der Waals surface area contributed by atoms with Crippen LogP contribution in [0.3, 0.4) is 0 Å². The summed E-state index contributed by atoms with van der Waals surface area (Å²) >= 11 is 0. The first-order valence-corrected chi connectivity index (χ1v) is 4.84. The second-order valence-corrected chi connectivity index (χ2v) is 3.54. The van der Waals surface area contributed by atoms with Crippen molar-refractivity contribution in [3.05, 3.63) is 36.0 Å². The van der Waals surface area contributed by atoms with Crippen molar-refractivity contribution in [1.82, 2.24) is 0 Å². The zero-order chi connectivity index (χ0) is 11.0. The molecule has 0 aliphatic carbocycles. The molecule has 0 saturated carbocycles. The van der Waals surface area contributed by atoms with E-state index in [1.165, 1.54) is 0 Å². The van der Waals surface area contributed by atoms with Gasteiger partial charge in [0.1, 0.15) is 0 Å². The van der Waals surface area contributed by atoms with Crippen LogP contribution in [0.15, 0.2) is 36.0 Å². The summed E-state index contributed by atoms with van der Waals surface area (Å²) in [6, 6.07) is 0. The van der Waals surface area contributed by atoms with E-state index in [1.54, 1.807) is 6.08 Å². The van der Waals surface area contributed by atoms with Crippen LogP contribution < -0.4 is 0 Å². The average Bonchev–Trinajstić information content (AvgIpc) is 2.11. The molecule has 0 rings (SSSR count). The molecule has 0 spiro atoms. The number of allylic oxidation sites excluding steroid dienone is 2. The molecule has 0 bridgehead atoms. The summed E-state index contributed by atoms with van der Waals surface area (Å²) in [5.74, 6) is 0. The summed E-state index contributed by atoms with van der Waals surface area (Å²) in [6.07, 6.45) is 6.30. The standard InChI is InChI=1S/C12H20O2/c1-10(2)6-7-12(14)9-11(3)5-4-8-13/h5-7,12-14H,1,4,8-9H2,2-3H3. The Hall–Kier alpha value is -0.860. The van der Waals surface area contributed by atoms with E-state index in [0.717, 1.165) is 11.1 Å². The lowest BCUT2D eigenvalue weighted by Gasteiger charge is -2.05. The molecular weight excluding hydrogens is 176 g/mol. The molecular formula is C12H20O2. The van der Waals surface area contributed by atoms with E-state index in [-0.39, 0.29) is 6.61 Å². The summed E-state index contributed by atoms with van der Waals surface area (Å²) in [4.78, 5) is 0. The molecule has 0 heterocycles. The van der Waals surface area contributed by atoms with Gasteiger partial charge in [0.15, 0.2) is 0 Å². The Bertz CT molecular complexity index is 226. The van der Waals surface area contributed by atoms with Gasteiger partial charge in [-0.05, 0) is 26.7 Å². The number of aliphatic hydroxyl groups excluding tert-OH is 2. The molecule has 14 heavy (non-hydrogen) atoms. The lowest BCUT2D eigenvalue weighted by atomic mass is 10.1. The predicted molar refractivity (Wildman–Crippen MR) is 60.0 cm³/mol. The minimum absolute atomic E-state index is 0.162. The van der Waals surface area contributed by atoms with Gasteiger partial charge in [0.05, 0.1) is 6.10 Å². The fraction of sp³-hybridized carbons (Fsp3) is 0.500. The van der Waals surface area contributed by atoms with Gasteiger partial charge < -0.3 is 10.2 Å². The van der Waals surface area contributed by atoms with Crippen molar-refractivity contribution in [2.45, 2.75) is 32.8 Å². The summed E-state index contributed by atoms with van der Waals surface area (Å²) in [5, 5.41) is 18.1. The first kappa shape index (κ1) is 13.1. The van der Waals surface area contributed by atoms with Gasteiger partial charge in [0.25, 0.3) is 0 Å². The molecule has 1 atom stereocenters. The van der Waals surface area contributed by atoms with E-state index in [1.807, 2.05) is 26.0 Å². The Morgan fingerprint density at radius 3 is 2.57 bits per heavy atom. The average molecular weight is 196 g/mol. The third kappa shape index (κ3) is 7.77. The topological polar surface area (TPSA) is 40.5 Å². The van der Waals surface area contributed by atoms with Crippen molar-refractivity contribution < 1.29 is 10.2 Å². The van der Waals surface area contributed by atoms with Crippen LogP contribution in [0.25, 0.3) is 0 Å². The smallest absolute Gasteiger partial charge is 0.0761 e. The van der Waals surface area contributed by atoms with Gasteiger partial charge in [-0.3, -0.25) is 0 Å². The van der Waals surface area contributed by atoms with Crippen LogP contribution in [0.4, 0.5) is 0 Å². The van der Waals surface area contributed by atoms with Crippen LogP contribution in [0, 0.1) is 0 Å². The van der Waals surface area contributed by atoms with Gasteiger partial charge in [-0.1, -0.05) is 36.0 Å². The summed E-state index contributed by atoms with van der Waals surface area (Å²) in [5.41, 5.74) is 2.03. The third-order valence-corrected chi connectivity index (χ3v) is 1.76. The number of hydrogen-bond acceptors (Lipinski definition) is 2. The molecule has 1 unspecified atom stereocenters. The lowest BCUT2D eigenvalue weighted by Crippen LogP contribution is -2.02.